The zero-order valence-electron chi connectivity index (χ0n) is 16.7. The van der Waals surface area contributed by atoms with Crippen molar-refractivity contribution in [2.45, 2.75) is 20.3 Å². The predicted octanol–water partition coefficient (Wildman–Crippen LogP) is 5.54. The molecule has 0 aromatic heterocycles. The highest BCUT2D eigenvalue weighted by molar-refractivity contribution is 6.10. The van der Waals surface area contributed by atoms with Crippen LogP contribution < -0.4 is 10.6 Å². The van der Waals surface area contributed by atoms with E-state index in [-0.39, 0.29) is 11.8 Å². The highest BCUT2D eigenvalue weighted by Crippen LogP contribution is 2.33. The van der Waals surface area contributed by atoms with E-state index in [1.807, 2.05) is 56.3 Å². The summed E-state index contributed by atoms with van der Waals surface area (Å²) in [4.78, 5) is 25.6. The lowest BCUT2D eigenvalue weighted by Gasteiger charge is -2.20. The van der Waals surface area contributed by atoms with E-state index in [0.717, 1.165) is 16.7 Å². The molecule has 0 aliphatic heterocycles. The minimum atomic E-state index is -0.228. The summed E-state index contributed by atoms with van der Waals surface area (Å²) in [6.45, 7) is 7.84. The number of allylic oxidation sites excluding steroid dienone is 1. The van der Waals surface area contributed by atoms with Crippen molar-refractivity contribution in [1.82, 2.24) is 0 Å². The zero-order chi connectivity index (χ0) is 20.8. The third-order valence-electron chi connectivity index (χ3n) is 4.88. The number of benzene rings is 3. The van der Waals surface area contributed by atoms with Gasteiger partial charge in [0.05, 0.1) is 11.4 Å². The Hall–Kier alpha value is -3.66. The molecule has 0 fully saturated rings. The molecule has 3 aromatic rings. The normalized spacial score (nSPS) is 10.3. The molecule has 3 rings (SSSR count). The Morgan fingerprint density at radius 2 is 1.38 bits per heavy atom. The van der Waals surface area contributed by atoms with Crippen LogP contribution in [-0.4, -0.2) is 11.8 Å². The van der Waals surface area contributed by atoms with Crippen molar-refractivity contribution in [2.75, 3.05) is 10.6 Å². The summed E-state index contributed by atoms with van der Waals surface area (Å²) in [5.74, 6) is -0.456. The van der Waals surface area contributed by atoms with E-state index >= 15 is 0 Å². The highest BCUT2D eigenvalue weighted by atomic mass is 16.2. The summed E-state index contributed by atoms with van der Waals surface area (Å²) in [6.07, 6.45) is 2.37. The van der Waals surface area contributed by atoms with Crippen LogP contribution in [0.3, 0.4) is 0 Å². The zero-order valence-corrected chi connectivity index (χ0v) is 16.7. The lowest BCUT2D eigenvalue weighted by atomic mass is 9.96. The van der Waals surface area contributed by atoms with Gasteiger partial charge in [-0.05, 0) is 67.3 Å². The number of aryl methyl sites for hydroxylation is 1. The molecule has 0 aliphatic rings. The first kappa shape index (κ1) is 20.1. The average molecular weight is 384 g/mol. The van der Waals surface area contributed by atoms with E-state index in [1.54, 1.807) is 30.3 Å². The minimum Gasteiger partial charge on any atom is -0.320 e. The first-order chi connectivity index (χ1) is 14.0. The molecule has 4 nitrogen and oxygen atoms in total. The summed E-state index contributed by atoms with van der Waals surface area (Å²) in [7, 11) is 0. The molecule has 0 atom stereocenters. The van der Waals surface area contributed by atoms with Crippen molar-refractivity contribution in [2.24, 2.45) is 0 Å². The van der Waals surface area contributed by atoms with Crippen LogP contribution in [0.2, 0.25) is 0 Å². The molecule has 2 N–H and O–H groups in total. The summed E-state index contributed by atoms with van der Waals surface area (Å²) < 4.78 is 0. The van der Waals surface area contributed by atoms with E-state index < -0.39 is 0 Å². The van der Waals surface area contributed by atoms with E-state index in [1.165, 1.54) is 0 Å². The van der Waals surface area contributed by atoms with Crippen LogP contribution >= 0.6 is 0 Å². The monoisotopic (exact) mass is 384 g/mol. The molecule has 146 valence electrons. The van der Waals surface area contributed by atoms with Gasteiger partial charge in [-0.1, -0.05) is 42.5 Å². The number of carbonyl (C=O) groups excluding carboxylic acids is 2. The van der Waals surface area contributed by atoms with Gasteiger partial charge in [-0.15, -0.1) is 6.58 Å². The Morgan fingerprint density at radius 3 is 1.90 bits per heavy atom. The number of hydrogen-bond acceptors (Lipinski definition) is 2. The molecule has 0 spiro atoms. The Labute approximate surface area is 171 Å². The Morgan fingerprint density at radius 1 is 0.862 bits per heavy atom. The standard InChI is InChI=1S/C25H24N2O2/c1-4-11-21-18(3)17(2)16-22(26-24(28)19-12-7-5-8-13-19)23(21)27-25(29)20-14-9-6-10-15-20/h4-10,12-16H,1,11H2,2-3H3,(H,26,28)(H,27,29). The van der Waals surface area contributed by atoms with Crippen molar-refractivity contribution < 1.29 is 9.59 Å². The van der Waals surface area contributed by atoms with Crippen LogP contribution in [0.4, 0.5) is 11.4 Å². The fourth-order valence-corrected chi connectivity index (χ4v) is 3.19. The fraction of sp³-hybridized carbons (Fsp3) is 0.120. The van der Waals surface area contributed by atoms with Crippen molar-refractivity contribution >= 4 is 23.2 Å². The van der Waals surface area contributed by atoms with E-state index in [2.05, 4.69) is 17.2 Å². The van der Waals surface area contributed by atoms with Gasteiger partial charge in [0, 0.05) is 11.1 Å². The molecule has 2 amide bonds. The maximum Gasteiger partial charge on any atom is 0.255 e. The molecule has 4 heteroatoms. The molecule has 0 unspecified atom stereocenters. The number of anilines is 2. The van der Waals surface area contributed by atoms with Gasteiger partial charge in [-0.3, -0.25) is 9.59 Å². The first-order valence-corrected chi connectivity index (χ1v) is 9.48. The Balaban J connectivity index is 2.03. The molecule has 0 heterocycles. The third kappa shape index (κ3) is 4.61. The lowest BCUT2D eigenvalue weighted by molar-refractivity contribution is 0.101. The molecular weight excluding hydrogens is 360 g/mol. The molecule has 0 saturated heterocycles. The lowest BCUT2D eigenvalue weighted by Crippen LogP contribution is -2.19. The number of nitrogens with one attached hydrogen (secondary N) is 2. The van der Waals surface area contributed by atoms with Gasteiger partial charge in [-0.2, -0.15) is 0 Å². The predicted molar refractivity (Wildman–Crippen MR) is 119 cm³/mol. The largest absolute Gasteiger partial charge is 0.320 e. The maximum atomic E-state index is 12.8. The van der Waals surface area contributed by atoms with Gasteiger partial charge in [0.1, 0.15) is 0 Å². The summed E-state index contributed by atoms with van der Waals surface area (Å²) in [5.41, 5.74) is 5.31. The Bertz CT molecular complexity index is 1040. The van der Waals surface area contributed by atoms with E-state index in [0.29, 0.717) is 28.9 Å². The molecule has 0 bridgehead atoms. The molecule has 29 heavy (non-hydrogen) atoms. The van der Waals surface area contributed by atoms with Crippen LogP contribution in [0.15, 0.2) is 79.4 Å². The smallest absolute Gasteiger partial charge is 0.255 e. The number of carbonyl (C=O) groups is 2. The summed E-state index contributed by atoms with van der Waals surface area (Å²) >= 11 is 0. The van der Waals surface area contributed by atoms with Crippen LogP contribution in [0.1, 0.15) is 37.4 Å². The summed E-state index contributed by atoms with van der Waals surface area (Å²) in [5, 5.41) is 5.97. The molecule has 0 aliphatic carbocycles. The van der Waals surface area contributed by atoms with Gasteiger partial charge >= 0.3 is 0 Å². The number of hydrogen-bond donors (Lipinski definition) is 2. The van der Waals surface area contributed by atoms with Crippen LogP contribution in [-0.2, 0) is 6.42 Å². The molecular formula is C25H24N2O2. The second-order valence-corrected chi connectivity index (χ2v) is 6.85. The van der Waals surface area contributed by atoms with E-state index in [9.17, 15) is 9.59 Å². The van der Waals surface area contributed by atoms with Crippen molar-refractivity contribution in [1.29, 1.82) is 0 Å². The number of amides is 2. The third-order valence-corrected chi connectivity index (χ3v) is 4.88. The average Bonchev–Trinajstić information content (AvgIpc) is 2.75. The first-order valence-electron chi connectivity index (χ1n) is 9.48. The van der Waals surface area contributed by atoms with Crippen molar-refractivity contribution in [3.63, 3.8) is 0 Å². The Kier molecular flexibility index (Phi) is 6.25. The second-order valence-electron chi connectivity index (χ2n) is 6.85. The maximum absolute atomic E-state index is 12.8. The van der Waals surface area contributed by atoms with Crippen LogP contribution in [0.25, 0.3) is 0 Å². The molecule has 0 saturated carbocycles. The summed E-state index contributed by atoms with van der Waals surface area (Å²) in [6, 6.07) is 19.9. The van der Waals surface area contributed by atoms with Gasteiger partial charge in [-0.25, -0.2) is 0 Å². The second kappa shape index (κ2) is 9.02. The van der Waals surface area contributed by atoms with Crippen molar-refractivity contribution in [3.8, 4) is 0 Å². The van der Waals surface area contributed by atoms with Gasteiger partial charge < -0.3 is 10.6 Å². The topological polar surface area (TPSA) is 58.2 Å². The highest BCUT2D eigenvalue weighted by Gasteiger charge is 2.18. The van der Waals surface area contributed by atoms with Gasteiger partial charge in [0.2, 0.25) is 0 Å². The SMILES string of the molecule is C=CCc1c(C)c(C)cc(NC(=O)c2ccccc2)c1NC(=O)c1ccccc1. The molecule has 0 radical (unpaired) electrons. The van der Waals surface area contributed by atoms with E-state index in [4.69, 9.17) is 0 Å². The quantitative estimate of drug-likeness (QED) is 0.549. The number of rotatable bonds is 6. The molecule has 3 aromatic carbocycles. The van der Waals surface area contributed by atoms with Crippen LogP contribution in [0.5, 0.6) is 0 Å². The van der Waals surface area contributed by atoms with Crippen LogP contribution in [0, 0.1) is 13.8 Å². The van der Waals surface area contributed by atoms with Crippen molar-refractivity contribution in [3.05, 3.63) is 107 Å². The minimum absolute atomic E-state index is 0.227. The van der Waals surface area contributed by atoms with Gasteiger partial charge in [0.25, 0.3) is 11.8 Å². The fourth-order valence-electron chi connectivity index (χ4n) is 3.19. The van der Waals surface area contributed by atoms with Gasteiger partial charge in [0.15, 0.2) is 0 Å².